The minimum Gasteiger partial charge on any atom is -0.353 e. The number of amides is 2. The number of nitrogens with one attached hydrogen (secondary N) is 1. The minimum absolute atomic E-state index is 0.375. The SMILES string of the molecule is O=C(NCC(F)(F)F)N1CCN(c2ccccn2)CC1. The molecule has 2 amide bonds. The fourth-order valence-corrected chi connectivity index (χ4v) is 1.97. The maximum Gasteiger partial charge on any atom is 0.405 e. The van der Waals surface area contributed by atoms with E-state index in [4.69, 9.17) is 0 Å². The Balaban J connectivity index is 1.81. The first-order chi connectivity index (χ1) is 9.46. The molecule has 20 heavy (non-hydrogen) atoms. The Morgan fingerprint density at radius 1 is 1.25 bits per heavy atom. The second-order valence-corrected chi connectivity index (χ2v) is 4.44. The van der Waals surface area contributed by atoms with Gasteiger partial charge in [0.2, 0.25) is 0 Å². The van der Waals surface area contributed by atoms with Crippen molar-refractivity contribution in [2.24, 2.45) is 0 Å². The van der Waals surface area contributed by atoms with Crippen LogP contribution in [0.4, 0.5) is 23.8 Å². The Morgan fingerprint density at radius 3 is 2.50 bits per heavy atom. The Bertz CT molecular complexity index is 444. The molecular formula is C12H15F3N4O. The molecule has 2 heterocycles. The van der Waals surface area contributed by atoms with Crippen LogP contribution in [0.5, 0.6) is 0 Å². The summed E-state index contributed by atoms with van der Waals surface area (Å²) in [5.74, 6) is 0.808. The van der Waals surface area contributed by atoms with Gasteiger partial charge in [0.05, 0.1) is 0 Å². The number of piperazine rings is 1. The van der Waals surface area contributed by atoms with E-state index in [-0.39, 0.29) is 0 Å². The molecule has 1 aliphatic rings. The Hall–Kier alpha value is -1.99. The van der Waals surface area contributed by atoms with Gasteiger partial charge in [0.25, 0.3) is 0 Å². The first-order valence-corrected chi connectivity index (χ1v) is 6.21. The third kappa shape index (κ3) is 4.01. The van der Waals surface area contributed by atoms with Crippen molar-refractivity contribution in [3.8, 4) is 0 Å². The molecule has 1 saturated heterocycles. The topological polar surface area (TPSA) is 48.5 Å². The molecule has 1 N–H and O–H groups in total. The molecule has 110 valence electrons. The molecule has 5 nitrogen and oxygen atoms in total. The van der Waals surface area contributed by atoms with E-state index in [0.29, 0.717) is 26.2 Å². The molecule has 0 atom stereocenters. The van der Waals surface area contributed by atoms with Gasteiger partial charge in [0.15, 0.2) is 0 Å². The molecule has 8 heteroatoms. The highest BCUT2D eigenvalue weighted by Crippen LogP contribution is 2.14. The van der Waals surface area contributed by atoms with E-state index in [2.05, 4.69) is 4.98 Å². The first-order valence-electron chi connectivity index (χ1n) is 6.21. The van der Waals surface area contributed by atoms with Gasteiger partial charge >= 0.3 is 12.2 Å². The van der Waals surface area contributed by atoms with Gasteiger partial charge in [-0.3, -0.25) is 0 Å². The summed E-state index contributed by atoms with van der Waals surface area (Å²) in [5.41, 5.74) is 0. The van der Waals surface area contributed by atoms with Crippen LogP contribution < -0.4 is 10.2 Å². The van der Waals surface area contributed by atoms with Gasteiger partial charge in [-0.1, -0.05) is 6.07 Å². The summed E-state index contributed by atoms with van der Waals surface area (Å²) >= 11 is 0. The predicted molar refractivity (Wildman–Crippen MR) is 67.5 cm³/mol. The summed E-state index contributed by atoms with van der Waals surface area (Å²) < 4.78 is 36.1. The van der Waals surface area contributed by atoms with E-state index >= 15 is 0 Å². The van der Waals surface area contributed by atoms with Crippen molar-refractivity contribution in [1.82, 2.24) is 15.2 Å². The largest absolute Gasteiger partial charge is 0.405 e. The monoisotopic (exact) mass is 288 g/mol. The predicted octanol–water partition coefficient (Wildman–Crippen LogP) is 1.48. The van der Waals surface area contributed by atoms with Gasteiger partial charge in [-0.05, 0) is 12.1 Å². The standard InChI is InChI=1S/C12H15F3N4O/c13-12(14,15)9-17-11(20)19-7-5-18(6-8-19)10-3-1-2-4-16-10/h1-4H,5-9H2,(H,17,20). The minimum atomic E-state index is -4.38. The summed E-state index contributed by atoms with van der Waals surface area (Å²) in [6.45, 7) is 0.555. The van der Waals surface area contributed by atoms with Crippen LogP contribution in [0, 0.1) is 0 Å². The molecule has 0 bridgehead atoms. The lowest BCUT2D eigenvalue weighted by Gasteiger charge is -2.35. The zero-order valence-electron chi connectivity index (χ0n) is 10.7. The number of rotatable bonds is 2. The molecule has 0 aliphatic carbocycles. The van der Waals surface area contributed by atoms with Crippen LogP contribution in [0.1, 0.15) is 0 Å². The Morgan fingerprint density at radius 2 is 1.95 bits per heavy atom. The van der Waals surface area contributed by atoms with E-state index in [9.17, 15) is 18.0 Å². The number of anilines is 1. The third-order valence-electron chi connectivity index (χ3n) is 2.98. The van der Waals surface area contributed by atoms with Crippen molar-refractivity contribution in [2.75, 3.05) is 37.6 Å². The van der Waals surface area contributed by atoms with E-state index in [0.717, 1.165) is 5.82 Å². The number of urea groups is 1. The lowest BCUT2D eigenvalue weighted by atomic mass is 10.3. The highest BCUT2D eigenvalue weighted by molar-refractivity contribution is 5.74. The van der Waals surface area contributed by atoms with Crippen molar-refractivity contribution >= 4 is 11.8 Å². The van der Waals surface area contributed by atoms with Crippen LogP contribution in [0.15, 0.2) is 24.4 Å². The molecule has 1 fully saturated rings. The van der Waals surface area contributed by atoms with Crippen LogP contribution in [0.25, 0.3) is 0 Å². The van der Waals surface area contributed by atoms with Crippen LogP contribution in [-0.2, 0) is 0 Å². The van der Waals surface area contributed by atoms with Crippen LogP contribution in [0.2, 0.25) is 0 Å². The van der Waals surface area contributed by atoms with Crippen LogP contribution in [-0.4, -0.2) is 54.8 Å². The quantitative estimate of drug-likeness (QED) is 0.896. The van der Waals surface area contributed by atoms with Crippen LogP contribution >= 0.6 is 0 Å². The van der Waals surface area contributed by atoms with Gasteiger partial charge in [-0.2, -0.15) is 13.2 Å². The van der Waals surface area contributed by atoms with E-state index < -0.39 is 18.8 Å². The lowest BCUT2D eigenvalue weighted by Crippen LogP contribution is -2.53. The van der Waals surface area contributed by atoms with Crippen molar-refractivity contribution in [1.29, 1.82) is 0 Å². The van der Waals surface area contributed by atoms with E-state index in [1.54, 1.807) is 6.20 Å². The van der Waals surface area contributed by atoms with Gasteiger partial charge in [-0.15, -0.1) is 0 Å². The molecule has 1 aromatic rings. The highest BCUT2D eigenvalue weighted by atomic mass is 19.4. The fraction of sp³-hybridized carbons (Fsp3) is 0.500. The zero-order valence-corrected chi connectivity index (χ0v) is 10.7. The average molecular weight is 288 g/mol. The van der Waals surface area contributed by atoms with Crippen molar-refractivity contribution in [3.05, 3.63) is 24.4 Å². The lowest BCUT2D eigenvalue weighted by molar-refractivity contribution is -0.123. The van der Waals surface area contributed by atoms with E-state index in [1.165, 1.54) is 4.90 Å². The third-order valence-corrected chi connectivity index (χ3v) is 2.98. The summed E-state index contributed by atoms with van der Waals surface area (Å²) in [5, 5.41) is 1.87. The fourth-order valence-electron chi connectivity index (χ4n) is 1.97. The molecule has 0 aromatic carbocycles. The number of alkyl halides is 3. The molecule has 2 rings (SSSR count). The number of halogens is 3. The second-order valence-electron chi connectivity index (χ2n) is 4.44. The summed E-state index contributed by atoms with van der Waals surface area (Å²) in [6, 6.07) is 4.86. The van der Waals surface area contributed by atoms with E-state index in [1.807, 2.05) is 28.4 Å². The number of carbonyl (C=O) groups is 1. The van der Waals surface area contributed by atoms with Gasteiger partial charge < -0.3 is 15.1 Å². The number of hydrogen-bond acceptors (Lipinski definition) is 3. The summed E-state index contributed by atoms with van der Waals surface area (Å²) in [4.78, 5) is 19.1. The number of aromatic nitrogens is 1. The molecule has 0 radical (unpaired) electrons. The number of nitrogens with zero attached hydrogens (tertiary/aromatic N) is 3. The second kappa shape index (κ2) is 5.98. The number of hydrogen-bond donors (Lipinski definition) is 1. The van der Waals surface area contributed by atoms with Gasteiger partial charge in [0, 0.05) is 32.4 Å². The summed E-state index contributed by atoms with van der Waals surface area (Å²) in [7, 11) is 0. The molecular weight excluding hydrogens is 273 g/mol. The molecule has 0 unspecified atom stereocenters. The number of carbonyl (C=O) groups excluding carboxylic acids is 1. The Labute approximate surface area is 114 Å². The van der Waals surface area contributed by atoms with Crippen molar-refractivity contribution in [3.63, 3.8) is 0 Å². The maximum atomic E-state index is 12.0. The van der Waals surface area contributed by atoms with Gasteiger partial charge in [0.1, 0.15) is 12.4 Å². The first kappa shape index (κ1) is 14.4. The van der Waals surface area contributed by atoms with Crippen molar-refractivity contribution < 1.29 is 18.0 Å². The molecule has 0 spiro atoms. The molecule has 0 saturated carbocycles. The van der Waals surface area contributed by atoms with Gasteiger partial charge in [-0.25, -0.2) is 9.78 Å². The normalized spacial score (nSPS) is 16.1. The zero-order chi connectivity index (χ0) is 14.6. The smallest absolute Gasteiger partial charge is 0.353 e. The average Bonchev–Trinajstić information content (AvgIpc) is 2.45. The maximum absolute atomic E-state index is 12.0. The van der Waals surface area contributed by atoms with Crippen molar-refractivity contribution in [2.45, 2.75) is 6.18 Å². The number of pyridine rings is 1. The molecule has 1 aliphatic heterocycles. The highest BCUT2D eigenvalue weighted by Gasteiger charge is 2.29. The molecule has 1 aromatic heterocycles. The summed E-state index contributed by atoms with van der Waals surface area (Å²) in [6.07, 6.45) is -2.71. The van der Waals surface area contributed by atoms with Crippen LogP contribution in [0.3, 0.4) is 0 Å². The Kier molecular flexibility index (Phi) is 4.31.